The fraction of sp³-hybridized carbons (Fsp3) is 1.00. The van der Waals surface area contributed by atoms with E-state index in [2.05, 4.69) is 25.8 Å². The van der Waals surface area contributed by atoms with Crippen LogP contribution in [-0.2, 0) is 4.74 Å². The van der Waals surface area contributed by atoms with Crippen LogP contribution < -0.4 is 5.73 Å². The molecule has 2 rings (SSSR count). The van der Waals surface area contributed by atoms with Crippen LogP contribution in [0.25, 0.3) is 0 Å². The summed E-state index contributed by atoms with van der Waals surface area (Å²) in [5.74, 6) is 0. The Bertz CT molecular complexity index is 261. The van der Waals surface area contributed by atoms with E-state index in [4.69, 9.17) is 10.5 Å². The highest BCUT2D eigenvalue weighted by Gasteiger charge is 2.44. The lowest BCUT2D eigenvalue weighted by Gasteiger charge is -2.51. The van der Waals surface area contributed by atoms with Crippen molar-refractivity contribution in [2.45, 2.75) is 57.5 Å². The number of nitrogens with two attached hydrogens (primary N) is 1. The zero-order chi connectivity index (χ0) is 12.5. The van der Waals surface area contributed by atoms with Crippen molar-refractivity contribution >= 4 is 0 Å². The van der Waals surface area contributed by atoms with Crippen molar-refractivity contribution in [2.24, 2.45) is 11.1 Å². The smallest absolute Gasteiger partial charge is 0.0622 e. The number of hydrogen-bond donors (Lipinski definition) is 1. The molecular weight excluding hydrogens is 212 g/mol. The molecule has 2 fully saturated rings. The first kappa shape index (κ1) is 13.3. The van der Waals surface area contributed by atoms with Crippen molar-refractivity contribution in [3.05, 3.63) is 0 Å². The molecule has 17 heavy (non-hydrogen) atoms. The van der Waals surface area contributed by atoms with Crippen LogP contribution in [0.3, 0.4) is 0 Å². The summed E-state index contributed by atoms with van der Waals surface area (Å²) >= 11 is 0. The van der Waals surface area contributed by atoms with Gasteiger partial charge in [-0.15, -0.1) is 0 Å². The summed E-state index contributed by atoms with van der Waals surface area (Å²) in [6.07, 6.45) is 6.29. The van der Waals surface area contributed by atoms with Crippen LogP contribution in [0, 0.1) is 5.41 Å². The molecule has 1 aliphatic heterocycles. The summed E-state index contributed by atoms with van der Waals surface area (Å²) < 4.78 is 5.53. The molecule has 0 aromatic rings. The van der Waals surface area contributed by atoms with Crippen LogP contribution in [0.15, 0.2) is 0 Å². The zero-order valence-corrected chi connectivity index (χ0v) is 11.7. The van der Waals surface area contributed by atoms with E-state index in [1.54, 1.807) is 0 Å². The maximum absolute atomic E-state index is 6.15. The quantitative estimate of drug-likeness (QED) is 0.820. The molecule has 2 aliphatic rings. The van der Waals surface area contributed by atoms with E-state index in [1.807, 2.05) is 0 Å². The van der Waals surface area contributed by atoms with E-state index < -0.39 is 0 Å². The van der Waals surface area contributed by atoms with E-state index in [0.717, 1.165) is 19.8 Å². The summed E-state index contributed by atoms with van der Waals surface area (Å²) in [6.45, 7) is 7.35. The second-order valence-electron chi connectivity index (χ2n) is 6.75. The molecule has 2 N–H and O–H groups in total. The number of rotatable bonds is 3. The summed E-state index contributed by atoms with van der Waals surface area (Å²) in [4.78, 5) is 2.54. The highest BCUT2D eigenvalue weighted by Crippen LogP contribution is 2.44. The Kier molecular flexibility index (Phi) is 3.81. The van der Waals surface area contributed by atoms with Gasteiger partial charge >= 0.3 is 0 Å². The van der Waals surface area contributed by atoms with Crippen molar-refractivity contribution in [3.63, 3.8) is 0 Å². The lowest BCUT2D eigenvalue weighted by Crippen LogP contribution is -2.59. The molecule has 2 unspecified atom stereocenters. The first-order valence-corrected chi connectivity index (χ1v) is 7.00. The Morgan fingerprint density at radius 3 is 2.65 bits per heavy atom. The van der Waals surface area contributed by atoms with Crippen molar-refractivity contribution in [2.75, 3.05) is 26.8 Å². The molecule has 3 nitrogen and oxygen atoms in total. The average molecular weight is 240 g/mol. The van der Waals surface area contributed by atoms with Gasteiger partial charge in [-0.2, -0.15) is 0 Å². The van der Waals surface area contributed by atoms with Gasteiger partial charge < -0.3 is 10.5 Å². The predicted molar refractivity (Wildman–Crippen MR) is 71.0 cm³/mol. The number of ether oxygens (including phenoxy) is 1. The molecule has 1 heterocycles. The van der Waals surface area contributed by atoms with Crippen molar-refractivity contribution in [3.8, 4) is 0 Å². The first-order chi connectivity index (χ1) is 7.99. The van der Waals surface area contributed by atoms with Gasteiger partial charge in [0, 0.05) is 24.7 Å². The van der Waals surface area contributed by atoms with Crippen LogP contribution in [0.4, 0.5) is 0 Å². The van der Waals surface area contributed by atoms with Gasteiger partial charge in [0.2, 0.25) is 0 Å². The molecule has 1 saturated carbocycles. The third-order valence-electron chi connectivity index (χ3n) is 4.88. The molecule has 0 bridgehead atoms. The molecular formula is C14H28N2O. The van der Waals surface area contributed by atoms with Crippen LogP contribution >= 0.6 is 0 Å². The van der Waals surface area contributed by atoms with Crippen molar-refractivity contribution in [1.29, 1.82) is 0 Å². The van der Waals surface area contributed by atoms with E-state index in [1.165, 1.54) is 32.1 Å². The van der Waals surface area contributed by atoms with Gasteiger partial charge in [0.15, 0.2) is 0 Å². The Balaban J connectivity index is 2.12. The standard InChI is InChI=1S/C14H28N2O/c1-13(2)6-4-7-14(10-13,11-15)16(3)12-5-8-17-9-12/h12H,4-11,15H2,1-3H3. The number of likely N-dealkylation sites (N-methyl/N-ethyl adjacent to an activating group) is 1. The molecule has 3 heteroatoms. The molecule has 0 aromatic carbocycles. The molecule has 1 saturated heterocycles. The van der Waals surface area contributed by atoms with Crippen molar-refractivity contribution in [1.82, 2.24) is 4.90 Å². The Hall–Kier alpha value is -0.120. The van der Waals surface area contributed by atoms with Gasteiger partial charge in [0.25, 0.3) is 0 Å². The van der Waals surface area contributed by atoms with Gasteiger partial charge in [0.05, 0.1) is 6.61 Å². The third-order valence-corrected chi connectivity index (χ3v) is 4.88. The highest BCUT2D eigenvalue weighted by atomic mass is 16.5. The summed E-state index contributed by atoms with van der Waals surface area (Å²) in [5, 5.41) is 0. The largest absolute Gasteiger partial charge is 0.380 e. The number of hydrogen-bond acceptors (Lipinski definition) is 3. The summed E-state index contributed by atoms with van der Waals surface area (Å²) in [7, 11) is 2.26. The molecule has 0 aromatic heterocycles. The average Bonchev–Trinajstić information content (AvgIpc) is 2.79. The maximum atomic E-state index is 6.15. The lowest BCUT2D eigenvalue weighted by molar-refractivity contribution is -0.00234. The van der Waals surface area contributed by atoms with Crippen LogP contribution in [-0.4, -0.2) is 43.3 Å². The van der Waals surface area contributed by atoms with Crippen LogP contribution in [0.5, 0.6) is 0 Å². The maximum Gasteiger partial charge on any atom is 0.0622 e. The monoisotopic (exact) mass is 240 g/mol. The first-order valence-electron chi connectivity index (χ1n) is 7.00. The van der Waals surface area contributed by atoms with Crippen LogP contribution in [0.1, 0.15) is 46.0 Å². The zero-order valence-electron chi connectivity index (χ0n) is 11.7. The second kappa shape index (κ2) is 4.87. The minimum atomic E-state index is 0.208. The van der Waals surface area contributed by atoms with Gasteiger partial charge in [-0.1, -0.05) is 20.3 Å². The van der Waals surface area contributed by atoms with E-state index in [0.29, 0.717) is 11.5 Å². The summed E-state index contributed by atoms with van der Waals surface area (Å²) in [5.41, 5.74) is 6.79. The Morgan fingerprint density at radius 1 is 1.35 bits per heavy atom. The van der Waals surface area contributed by atoms with E-state index in [9.17, 15) is 0 Å². The SMILES string of the molecule is CN(C1CCOC1)C1(CN)CCCC(C)(C)C1. The second-order valence-corrected chi connectivity index (χ2v) is 6.75. The highest BCUT2D eigenvalue weighted by molar-refractivity contribution is 5.00. The fourth-order valence-electron chi connectivity index (χ4n) is 3.80. The molecule has 0 radical (unpaired) electrons. The van der Waals surface area contributed by atoms with Gasteiger partial charge in [-0.25, -0.2) is 0 Å². The van der Waals surface area contributed by atoms with Crippen molar-refractivity contribution < 1.29 is 4.74 Å². The molecule has 1 aliphatic carbocycles. The molecule has 0 spiro atoms. The molecule has 100 valence electrons. The molecule has 2 atom stereocenters. The summed E-state index contributed by atoms with van der Waals surface area (Å²) in [6, 6.07) is 0.576. The minimum Gasteiger partial charge on any atom is -0.380 e. The number of nitrogens with zero attached hydrogens (tertiary/aromatic N) is 1. The Labute approximate surface area is 106 Å². The van der Waals surface area contributed by atoms with Gasteiger partial charge in [-0.05, 0) is 38.1 Å². The van der Waals surface area contributed by atoms with Gasteiger partial charge in [0.1, 0.15) is 0 Å². The minimum absolute atomic E-state index is 0.208. The fourth-order valence-corrected chi connectivity index (χ4v) is 3.80. The molecule has 0 amide bonds. The predicted octanol–water partition coefficient (Wildman–Crippen LogP) is 2.00. The normalized spacial score (nSPS) is 37.6. The van der Waals surface area contributed by atoms with E-state index in [-0.39, 0.29) is 5.54 Å². The van der Waals surface area contributed by atoms with Gasteiger partial charge in [-0.3, -0.25) is 4.90 Å². The van der Waals surface area contributed by atoms with E-state index >= 15 is 0 Å². The Morgan fingerprint density at radius 2 is 2.12 bits per heavy atom. The lowest BCUT2D eigenvalue weighted by atomic mass is 9.67. The topological polar surface area (TPSA) is 38.5 Å². The third kappa shape index (κ3) is 2.67. The van der Waals surface area contributed by atoms with Crippen LogP contribution in [0.2, 0.25) is 0 Å².